The maximum atomic E-state index is 11.7. The third kappa shape index (κ3) is 13.7. The van der Waals surface area contributed by atoms with Crippen LogP contribution in [0.5, 0.6) is 0 Å². The molecule has 0 saturated heterocycles. The molecular formula is C10H21F3N2. The van der Waals surface area contributed by atoms with Gasteiger partial charge >= 0.3 is 6.18 Å². The van der Waals surface area contributed by atoms with Crippen LogP contribution in [0.3, 0.4) is 0 Å². The summed E-state index contributed by atoms with van der Waals surface area (Å²) >= 11 is 0. The first kappa shape index (κ1) is 14.7. The number of halogens is 3. The summed E-state index contributed by atoms with van der Waals surface area (Å²) in [6, 6.07) is 0. The number of hydrogen-bond acceptors (Lipinski definition) is 2. The van der Waals surface area contributed by atoms with Crippen molar-refractivity contribution >= 4 is 0 Å². The van der Waals surface area contributed by atoms with Crippen molar-refractivity contribution in [2.24, 2.45) is 0 Å². The molecule has 0 heterocycles. The van der Waals surface area contributed by atoms with E-state index in [1.54, 1.807) is 0 Å². The number of rotatable bonds is 6. The van der Waals surface area contributed by atoms with Gasteiger partial charge in [-0.2, -0.15) is 13.2 Å². The molecule has 0 rings (SSSR count). The van der Waals surface area contributed by atoms with E-state index in [1.165, 1.54) is 0 Å². The van der Waals surface area contributed by atoms with Crippen LogP contribution in [0.2, 0.25) is 0 Å². The first-order valence-corrected chi connectivity index (χ1v) is 5.23. The molecule has 0 fully saturated rings. The number of alkyl halides is 3. The van der Waals surface area contributed by atoms with Crippen LogP contribution >= 0.6 is 0 Å². The summed E-state index contributed by atoms with van der Waals surface area (Å²) in [5.41, 5.74) is 0.0631. The molecule has 0 radical (unpaired) electrons. The predicted octanol–water partition coefficient (Wildman–Crippen LogP) is 2.31. The van der Waals surface area contributed by atoms with E-state index in [0.717, 1.165) is 6.54 Å². The smallest absolute Gasteiger partial charge is 0.315 e. The van der Waals surface area contributed by atoms with Gasteiger partial charge in [-0.25, -0.2) is 0 Å². The van der Waals surface area contributed by atoms with E-state index in [0.29, 0.717) is 13.1 Å². The van der Waals surface area contributed by atoms with Gasteiger partial charge in [0, 0.05) is 25.0 Å². The Labute approximate surface area is 89.6 Å². The molecule has 0 atom stereocenters. The average Bonchev–Trinajstić information content (AvgIpc) is 1.98. The van der Waals surface area contributed by atoms with Crippen molar-refractivity contribution < 1.29 is 13.2 Å². The SMILES string of the molecule is CC(C)(C)NCCNCCCC(F)(F)F. The lowest BCUT2D eigenvalue weighted by atomic mass is 10.1. The second-order valence-corrected chi connectivity index (χ2v) is 4.65. The Balaban J connectivity index is 3.20. The highest BCUT2D eigenvalue weighted by atomic mass is 19.4. The summed E-state index contributed by atoms with van der Waals surface area (Å²) in [6.07, 6.45) is -4.57. The molecule has 0 amide bonds. The average molecular weight is 226 g/mol. The van der Waals surface area contributed by atoms with Crippen LogP contribution in [0.4, 0.5) is 13.2 Å². The summed E-state index contributed by atoms with van der Waals surface area (Å²) in [6.45, 7) is 8.06. The van der Waals surface area contributed by atoms with E-state index in [2.05, 4.69) is 31.4 Å². The van der Waals surface area contributed by atoms with Crippen LogP contribution in [-0.2, 0) is 0 Å². The fourth-order valence-electron chi connectivity index (χ4n) is 1.06. The highest BCUT2D eigenvalue weighted by molar-refractivity contribution is 4.70. The van der Waals surface area contributed by atoms with Crippen molar-refractivity contribution in [1.82, 2.24) is 10.6 Å². The molecule has 2 nitrogen and oxygen atoms in total. The van der Waals surface area contributed by atoms with Crippen molar-refractivity contribution in [1.29, 1.82) is 0 Å². The van der Waals surface area contributed by atoms with Crippen LogP contribution in [0.1, 0.15) is 33.6 Å². The van der Waals surface area contributed by atoms with Gasteiger partial charge in [0.25, 0.3) is 0 Å². The van der Waals surface area contributed by atoms with E-state index in [9.17, 15) is 13.2 Å². The Kier molecular flexibility index (Phi) is 6.20. The standard InChI is InChI=1S/C10H21F3N2/c1-9(2,3)15-8-7-14-6-4-5-10(11,12)13/h14-15H,4-8H2,1-3H3. The second-order valence-electron chi connectivity index (χ2n) is 4.65. The Morgan fingerprint density at radius 1 is 0.933 bits per heavy atom. The quantitative estimate of drug-likeness (QED) is 0.679. The lowest BCUT2D eigenvalue weighted by Gasteiger charge is -2.20. The van der Waals surface area contributed by atoms with Gasteiger partial charge in [0.05, 0.1) is 0 Å². The van der Waals surface area contributed by atoms with E-state index in [-0.39, 0.29) is 12.0 Å². The van der Waals surface area contributed by atoms with Crippen molar-refractivity contribution in [3.63, 3.8) is 0 Å². The fourth-order valence-corrected chi connectivity index (χ4v) is 1.06. The molecule has 0 aliphatic rings. The zero-order valence-corrected chi connectivity index (χ0v) is 9.67. The molecular weight excluding hydrogens is 205 g/mol. The van der Waals surface area contributed by atoms with E-state index < -0.39 is 12.6 Å². The van der Waals surface area contributed by atoms with Crippen LogP contribution in [0, 0.1) is 0 Å². The highest BCUT2D eigenvalue weighted by Crippen LogP contribution is 2.20. The van der Waals surface area contributed by atoms with Gasteiger partial charge in [0.1, 0.15) is 0 Å². The minimum absolute atomic E-state index is 0.0631. The zero-order chi connectivity index (χ0) is 11.9. The van der Waals surface area contributed by atoms with Crippen molar-refractivity contribution in [2.45, 2.75) is 45.3 Å². The van der Waals surface area contributed by atoms with Crippen LogP contribution < -0.4 is 10.6 Å². The van der Waals surface area contributed by atoms with Crippen molar-refractivity contribution in [3.05, 3.63) is 0 Å². The van der Waals surface area contributed by atoms with Gasteiger partial charge in [-0.05, 0) is 33.7 Å². The molecule has 0 aliphatic heterocycles. The van der Waals surface area contributed by atoms with Crippen molar-refractivity contribution in [3.8, 4) is 0 Å². The molecule has 92 valence electrons. The fraction of sp³-hybridized carbons (Fsp3) is 1.00. The monoisotopic (exact) mass is 226 g/mol. The van der Waals surface area contributed by atoms with Gasteiger partial charge in [0.2, 0.25) is 0 Å². The summed E-state index contributed by atoms with van der Waals surface area (Å²) < 4.78 is 35.2. The minimum atomic E-state index is -4.02. The molecule has 5 heteroatoms. The molecule has 0 unspecified atom stereocenters. The molecule has 0 aliphatic carbocycles. The van der Waals surface area contributed by atoms with Crippen LogP contribution in [0.25, 0.3) is 0 Å². The predicted molar refractivity (Wildman–Crippen MR) is 55.9 cm³/mol. The summed E-state index contributed by atoms with van der Waals surface area (Å²) in [5.74, 6) is 0. The Morgan fingerprint density at radius 3 is 2.00 bits per heavy atom. The second kappa shape index (κ2) is 6.33. The molecule has 0 aromatic rings. The Morgan fingerprint density at radius 2 is 1.53 bits per heavy atom. The highest BCUT2D eigenvalue weighted by Gasteiger charge is 2.25. The number of nitrogens with one attached hydrogen (secondary N) is 2. The van der Waals surface area contributed by atoms with Crippen LogP contribution in [0.15, 0.2) is 0 Å². The summed E-state index contributed by atoms with van der Waals surface area (Å²) in [7, 11) is 0. The molecule has 15 heavy (non-hydrogen) atoms. The molecule has 0 aromatic heterocycles. The van der Waals surface area contributed by atoms with Gasteiger partial charge < -0.3 is 10.6 Å². The lowest BCUT2D eigenvalue weighted by Crippen LogP contribution is -2.40. The van der Waals surface area contributed by atoms with E-state index >= 15 is 0 Å². The Bertz CT molecular complexity index is 143. The maximum Gasteiger partial charge on any atom is 0.389 e. The van der Waals surface area contributed by atoms with E-state index in [1.807, 2.05) is 0 Å². The summed E-state index contributed by atoms with van der Waals surface area (Å²) in [5, 5.41) is 6.21. The van der Waals surface area contributed by atoms with Crippen LogP contribution in [-0.4, -0.2) is 31.3 Å². The zero-order valence-electron chi connectivity index (χ0n) is 9.67. The number of hydrogen-bond donors (Lipinski definition) is 2. The maximum absolute atomic E-state index is 11.7. The van der Waals surface area contributed by atoms with Gasteiger partial charge in [0.15, 0.2) is 0 Å². The van der Waals surface area contributed by atoms with Gasteiger partial charge in [-0.3, -0.25) is 0 Å². The molecule has 0 saturated carbocycles. The third-order valence-corrected chi connectivity index (χ3v) is 1.77. The lowest BCUT2D eigenvalue weighted by molar-refractivity contribution is -0.135. The largest absolute Gasteiger partial charge is 0.389 e. The minimum Gasteiger partial charge on any atom is -0.315 e. The van der Waals surface area contributed by atoms with Crippen molar-refractivity contribution in [2.75, 3.05) is 19.6 Å². The topological polar surface area (TPSA) is 24.1 Å². The first-order valence-electron chi connectivity index (χ1n) is 5.23. The molecule has 2 N–H and O–H groups in total. The third-order valence-electron chi connectivity index (χ3n) is 1.77. The normalized spacial score (nSPS) is 13.2. The van der Waals surface area contributed by atoms with Gasteiger partial charge in [-0.1, -0.05) is 0 Å². The molecule has 0 aromatic carbocycles. The van der Waals surface area contributed by atoms with Gasteiger partial charge in [-0.15, -0.1) is 0 Å². The summed E-state index contributed by atoms with van der Waals surface area (Å²) in [4.78, 5) is 0. The Hall–Kier alpha value is -0.290. The molecule has 0 bridgehead atoms. The first-order chi connectivity index (χ1) is 6.71. The molecule has 0 spiro atoms. The van der Waals surface area contributed by atoms with E-state index in [4.69, 9.17) is 0 Å².